The second-order valence-corrected chi connectivity index (χ2v) is 7.18. The monoisotopic (exact) mass is 410 g/mol. The van der Waals surface area contributed by atoms with Gasteiger partial charge < -0.3 is 15.4 Å². The van der Waals surface area contributed by atoms with Gasteiger partial charge in [-0.1, -0.05) is 60.7 Å². The van der Waals surface area contributed by atoms with Crippen molar-refractivity contribution in [2.75, 3.05) is 13.2 Å². The molecule has 0 aromatic heterocycles. The molecule has 2 rings (SSSR count). The summed E-state index contributed by atoms with van der Waals surface area (Å²) in [4.78, 5) is 37.2. The van der Waals surface area contributed by atoms with Gasteiger partial charge in [-0.15, -0.1) is 0 Å². The number of carbonyl (C=O) groups is 3. The van der Waals surface area contributed by atoms with Gasteiger partial charge in [-0.2, -0.15) is 0 Å². The molecule has 2 N–H and O–H groups in total. The van der Waals surface area contributed by atoms with E-state index >= 15 is 0 Å². The van der Waals surface area contributed by atoms with E-state index in [0.717, 1.165) is 18.4 Å². The van der Waals surface area contributed by atoms with Crippen molar-refractivity contribution in [2.24, 2.45) is 5.73 Å². The molecule has 0 heterocycles. The molecule has 2 aromatic carbocycles. The Bertz CT molecular complexity index is 793. The maximum absolute atomic E-state index is 12.6. The number of primary amides is 1. The fourth-order valence-corrected chi connectivity index (χ4v) is 3.06. The first-order valence-corrected chi connectivity index (χ1v) is 10.3. The van der Waals surface area contributed by atoms with Gasteiger partial charge in [0.25, 0.3) is 0 Å². The third-order valence-electron chi connectivity index (χ3n) is 4.68. The highest BCUT2D eigenvalue weighted by Crippen LogP contribution is 2.10. The highest BCUT2D eigenvalue weighted by atomic mass is 16.5. The molecule has 0 bridgehead atoms. The van der Waals surface area contributed by atoms with Crippen LogP contribution >= 0.6 is 0 Å². The molecular weight excluding hydrogens is 380 g/mol. The minimum absolute atomic E-state index is 0.100. The molecule has 0 aliphatic carbocycles. The molecule has 0 saturated carbocycles. The molecule has 0 radical (unpaired) electrons. The van der Waals surface area contributed by atoms with Crippen LogP contribution in [0.25, 0.3) is 0 Å². The Morgan fingerprint density at radius 1 is 0.800 bits per heavy atom. The molecular formula is C24H30N2O4. The molecule has 160 valence electrons. The average Bonchev–Trinajstić information content (AvgIpc) is 2.75. The van der Waals surface area contributed by atoms with Crippen molar-refractivity contribution < 1.29 is 19.1 Å². The van der Waals surface area contributed by atoms with E-state index in [9.17, 15) is 14.4 Å². The van der Waals surface area contributed by atoms with E-state index in [-0.39, 0.29) is 37.7 Å². The Hall–Kier alpha value is -3.15. The van der Waals surface area contributed by atoms with E-state index in [4.69, 9.17) is 10.5 Å². The molecule has 2 aromatic rings. The first-order valence-electron chi connectivity index (χ1n) is 10.3. The predicted molar refractivity (Wildman–Crippen MR) is 115 cm³/mol. The first-order chi connectivity index (χ1) is 14.5. The van der Waals surface area contributed by atoms with Crippen LogP contribution in [0, 0.1) is 0 Å². The van der Waals surface area contributed by atoms with Gasteiger partial charge in [-0.05, 0) is 30.4 Å². The largest absolute Gasteiger partial charge is 0.466 e. The number of nitrogens with zero attached hydrogens (tertiary/aromatic N) is 1. The standard InChI is InChI=1S/C24H30N2O4/c25-22(27)16-17-26(19-21-11-5-2-6-12-21)23(28)14-7-15-24(29)30-18-8-13-20-9-3-1-4-10-20/h1-6,9-12H,7-8,13-19H2,(H2,25,27). The van der Waals surface area contributed by atoms with Gasteiger partial charge in [0.15, 0.2) is 0 Å². The van der Waals surface area contributed by atoms with Crippen LogP contribution in [-0.4, -0.2) is 35.8 Å². The molecule has 0 aliphatic heterocycles. The Kier molecular flexibility index (Phi) is 10.1. The second-order valence-electron chi connectivity index (χ2n) is 7.18. The Morgan fingerprint density at radius 2 is 1.43 bits per heavy atom. The lowest BCUT2D eigenvalue weighted by atomic mass is 10.1. The van der Waals surface area contributed by atoms with Gasteiger partial charge in [-0.25, -0.2) is 0 Å². The Balaban J connectivity index is 1.68. The number of carbonyl (C=O) groups excluding carboxylic acids is 3. The van der Waals surface area contributed by atoms with Crippen LogP contribution < -0.4 is 5.73 Å². The van der Waals surface area contributed by atoms with Crippen molar-refractivity contribution in [3.05, 3.63) is 71.8 Å². The number of hydrogen-bond donors (Lipinski definition) is 1. The van der Waals surface area contributed by atoms with Gasteiger partial charge in [0.1, 0.15) is 0 Å². The predicted octanol–water partition coefficient (Wildman–Crippen LogP) is 3.24. The second kappa shape index (κ2) is 13.1. The van der Waals surface area contributed by atoms with Gasteiger partial charge in [0, 0.05) is 32.4 Å². The number of rotatable bonds is 13. The van der Waals surface area contributed by atoms with Crippen molar-refractivity contribution in [2.45, 2.75) is 45.1 Å². The zero-order chi connectivity index (χ0) is 21.6. The van der Waals surface area contributed by atoms with E-state index in [1.54, 1.807) is 4.90 Å². The number of nitrogens with two attached hydrogens (primary N) is 1. The van der Waals surface area contributed by atoms with E-state index in [1.807, 2.05) is 60.7 Å². The summed E-state index contributed by atoms with van der Waals surface area (Å²) in [6.45, 7) is 1.06. The van der Waals surface area contributed by atoms with Gasteiger partial charge in [-0.3, -0.25) is 14.4 Å². The van der Waals surface area contributed by atoms with E-state index in [2.05, 4.69) is 0 Å². The number of benzene rings is 2. The van der Waals surface area contributed by atoms with Crippen molar-refractivity contribution in [1.82, 2.24) is 4.90 Å². The third-order valence-corrected chi connectivity index (χ3v) is 4.68. The van der Waals surface area contributed by atoms with E-state index in [1.165, 1.54) is 5.56 Å². The van der Waals surface area contributed by atoms with Crippen molar-refractivity contribution >= 4 is 17.8 Å². The SMILES string of the molecule is NC(=O)CCN(Cc1ccccc1)C(=O)CCCC(=O)OCCCc1ccccc1. The molecule has 30 heavy (non-hydrogen) atoms. The smallest absolute Gasteiger partial charge is 0.305 e. The topological polar surface area (TPSA) is 89.7 Å². The number of amides is 2. The highest BCUT2D eigenvalue weighted by molar-refractivity contribution is 5.79. The Morgan fingerprint density at radius 3 is 2.07 bits per heavy atom. The normalized spacial score (nSPS) is 10.4. The summed E-state index contributed by atoms with van der Waals surface area (Å²) in [6.07, 6.45) is 2.59. The van der Waals surface area contributed by atoms with Crippen LogP contribution in [-0.2, 0) is 32.1 Å². The summed E-state index contributed by atoms with van der Waals surface area (Å²) in [5, 5.41) is 0. The number of ether oxygens (including phenoxy) is 1. The van der Waals surface area contributed by atoms with E-state index < -0.39 is 5.91 Å². The maximum atomic E-state index is 12.6. The van der Waals surface area contributed by atoms with Crippen LogP contribution in [0.1, 0.15) is 43.2 Å². The van der Waals surface area contributed by atoms with E-state index in [0.29, 0.717) is 19.6 Å². The van der Waals surface area contributed by atoms with Gasteiger partial charge in [0.2, 0.25) is 11.8 Å². The quantitative estimate of drug-likeness (QED) is 0.405. The third kappa shape index (κ3) is 9.37. The number of hydrogen-bond acceptors (Lipinski definition) is 4. The summed E-state index contributed by atoms with van der Waals surface area (Å²) in [5.74, 6) is -0.834. The first kappa shape index (κ1) is 23.1. The van der Waals surface area contributed by atoms with Crippen LogP contribution in [0.5, 0.6) is 0 Å². The zero-order valence-electron chi connectivity index (χ0n) is 17.3. The minimum Gasteiger partial charge on any atom is -0.466 e. The fourth-order valence-electron chi connectivity index (χ4n) is 3.06. The summed E-state index contributed by atoms with van der Waals surface area (Å²) >= 11 is 0. The van der Waals surface area contributed by atoms with Crippen LogP contribution in [0.3, 0.4) is 0 Å². The summed E-state index contributed by atoms with van der Waals surface area (Å²) in [5.41, 5.74) is 7.43. The lowest BCUT2D eigenvalue weighted by Crippen LogP contribution is -2.33. The molecule has 0 spiro atoms. The number of esters is 1. The zero-order valence-corrected chi connectivity index (χ0v) is 17.3. The molecule has 0 saturated heterocycles. The molecule has 0 aliphatic rings. The number of aryl methyl sites for hydroxylation is 1. The molecule has 0 atom stereocenters. The molecule has 6 heteroatoms. The van der Waals surface area contributed by atoms with Crippen molar-refractivity contribution in [1.29, 1.82) is 0 Å². The lowest BCUT2D eigenvalue weighted by Gasteiger charge is -2.22. The maximum Gasteiger partial charge on any atom is 0.305 e. The highest BCUT2D eigenvalue weighted by Gasteiger charge is 2.15. The van der Waals surface area contributed by atoms with Gasteiger partial charge >= 0.3 is 5.97 Å². The average molecular weight is 411 g/mol. The lowest BCUT2D eigenvalue weighted by molar-refractivity contribution is -0.144. The van der Waals surface area contributed by atoms with Gasteiger partial charge in [0.05, 0.1) is 6.61 Å². The van der Waals surface area contributed by atoms with Crippen LogP contribution in [0.2, 0.25) is 0 Å². The van der Waals surface area contributed by atoms with Crippen LogP contribution in [0.15, 0.2) is 60.7 Å². The summed E-state index contributed by atoms with van der Waals surface area (Å²) in [7, 11) is 0. The van der Waals surface area contributed by atoms with Crippen molar-refractivity contribution in [3.63, 3.8) is 0 Å². The van der Waals surface area contributed by atoms with Crippen molar-refractivity contribution in [3.8, 4) is 0 Å². The molecule has 6 nitrogen and oxygen atoms in total. The van der Waals surface area contributed by atoms with Crippen LogP contribution in [0.4, 0.5) is 0 Å². The Labute approximate surface area is 178 Å². The molecule has 2 amide bonds. The summed E-state index contributed by atoms with van der Waals surface area (Å²) < 4.78 is 5.26. The minimum atomic E-state index is -0.444. The fraction of sp³-hybridized carbons (Fsp3) is 0.375. The molecule has 0 fully saturated rings. The molecule has 0 unspecified atom stereocenters. The summed E-state index contributed by atoms with van der Waals surface area (Å²) in [6, 6.07) is 19.6.